The first-order valence-corrected chi connectivity index (χ1v) is 8.43. The number of carbonyl (C=O) groups excluding carboxylic acids is 2. The molecule has 3 rings (SSSR count). The Morgan fingerprint density at radius 2 is 2.13 bits per heavy atom. The molecule has 4 nitrogen and oxygen atoms in total. The van der Waals surface area contributed by atoms with Crippen LogP contribution < -0.4 is 11.1 Å². The lowest BCUT2D eigenvalue weighted by Gasteiger charge is -2.03. The van der Waals surface area contributed by atoms with E-state index in [0.717, 1.165) is 35.3 Å². The third-order valence-electron chi connectivity index (χ3n) is 3.68. The van der Waals surface area contributed by atoms with Crippen molar-refractivity contribution < 1.29 is 9.59 Å². The van der Waals surface area contributed by atoms with Gasteiger partial charge in [-0.15, -0.1) is 11.3 Å². The van der Waals surface area contributed by atoms with Gasteiger partial charge < -0.3 is 11.1 Å². The van der Waals surface area contributed by atoms with Gasteiger partial charge in [-0.2, -0.15) is 0 Å². The van der Waals surface area contributed by atoms with Gasteiger partial charge in [0.15, 0.2) is 0 Å². The number of benzene rings is 1. The minimum atomic E-state index is -0.487. The van der Waals surface area contributed by atoms with Crippen LogP contribution >= 0.6 is 22.9 Å². The fourth-order valence-electron chi connectivity index (χ4n) is 2.69. The molecule has 1 aromatic carbocycles. The average molecular weight is 347 g/mol. The second kappa shape index (κ2) is 6.56. The van der Waals surface area contributed by atoms with Gasteiger partial charge in [0, 0.05) is 16.0 Å². The van der Waals surface area contributed by atoms with Crippen molar-refractivity contribution in [2.75, 3.05) is 5.32 Å². The summed E-state index contributed by atoms with van der Waals surface area (Å²) < 4.78 is 0. The largest absolute Gasteiger partial charge is 0.365 e. The highest BCUT2D eigenvalue weighted by Gasteiger charge is 2.25. The number of anilines is 1. The van der Waals surface area contributed by atoms with Crippen LogP contribution in [0.3, 0.4) is 0 Å². The SMILES string of the molecule is NC(=O)c1c(NC(=O)/C=C/c2cccc(Cl)c2)sc2c1CCC2. The molecule has 2 aromatic rings. The van der Waals surface area contributed by atoms with Crippen LogP contribution in [0.5, 0.6) is 0 Å². The third-order valence-corrected chi connectivity index (χ3v) is 5.12. The lowest BCUT2D eigenvalue weighted by Crippen LogP contribution is -2.16. The quantitative estimate of drug-likeness (QED) is 0.829. The predicted octanol–water partition coefficient (Wildman–Crippen LogP) is 3.64. The number of primary amides is 1. The van der Waals surface area contributed by atoms with Gasteiger partial charge in [-0.3, -0.25) is 9.59 Å². The van der Waals surface area contributed by atoms with E-state index in [1.807, 2.05) is 12.1 Å². The van der Waals surface area contributed by atoms with Gasteiger partial charge in [0.1, 0.15) is 5.00 Å². The molecule has 3 N–H and O–H groups in total. The van der Waals surface area contributed by atoms with E-state index in [1.54, 1.807) is 18.2 Å². The van der Waals surface area contributed by atoms with Gasteiger partial charge >= 0.3 is 0 Å². The minimum absolute atomic E-state index is 0.299. The Balaban J connectivity index is 1.77. The van der Waals surface area contributed by atoms with Crippen LogP contribution in [-0.2, 0) is 17.6 Å². The van der Waals surface area contributed by atoms with Gasteiger partial charge in [0.2, 0.25) is 5.91 Å². The smallest absolute Gasteiger partial charge is 0.251 e. The molecule has 0 fully saturated rings. The summed E-state index contributed by atoms with van der Waals surface area (Å²) in [6.45, 7) is 0. The predicted molar refractivity (Wildman–Crippen MR) is 94.0 cm³/mol. The summed E-state index contributed by atoms with van der Waals surface area (Å²) >= 11 is 7.35. The second-order valence-electron chi connectivity index (χ2n) is 5.30. The monoisotopic (exact) mass is 346 g/mol. The Bertz CT molecular complexity index is 811. The average Bonchev–Trinajstić information content (AvgIpc) is 3.05. The maximum absolute atomic E-state index is 12.1. The number of nitrogens with one attached hydrogen (secondary N) is 1. The molecule has 6 heteroatoms. The van der Waals surface area contributed by atoms with Gasteiger partial charge in [0.05, 0.1) is 5.56 Å². The topological polar surface area (TPSA) is 72.2 Å². The Morgan fingerprint density at radius 1 is 1.30 bits per heavy atom. The summed E-state index contributed by atoms with van der Waals surface area (Å²) in [5.74, 6) is -0.786. The highest BCUT2D eigenvalue weighted by atomic mass is 35.5. The number of hydrogen-bond donors (Lipinski definition) is 2. The van der Waals surface area contributed by atoms with Crippen molar-refractivity contribution >= 4 is 45.8 Å². The van der Waals surface area contributed by atoms with Crippen LogP contribution in [0.25, 0.3) is 6.08 Å². The standard InChI is InChI=1S/C17H15ClN2O2S/c18-11-4-1-3-10(9-11)7-8-14(21)20-17-15(16(19)22)12-5-2-6-13(12)23-17/h1,3-4,7-9H,2,5-6H2,(H2,19,22)(H,20,21)/b8-7+. The van der Waals surface area contributed by atoms with Crippen LogP contribution in [0.4, 0.5) is 5.00 Å². The van der Waals surface area contributed by atoms with Crippen molar-refractivity contribution in [1.29, 1.82) is 0 Å². The third kappa shape index (κ3) is 3.46. The van der Waals surface area contributed by atoms with Crippen LogP contribution in [0.15, 0.2) is 30.3 Å². The molecule has 0 saturated heterocycles. The van der Waals surface area contributed by atoms with E-state index >= 15 is 0 Å². The molecule has 0 saturated carbocycles. The molecule has 0 bridgehead atoms. The molecule has 1 heterocycles. The molecule has 1 aliphatic rings. The zero-order valence-corrected chi connectivity index (χ0v) is 13.8. The van der Waals surface area contributed by atoms with E-state index in [9.17, 15) is 9.59 Å². The first-order chi connectivity index (χ1) is 11.0. The van der Waals surface area contributed by atoms with Crippen LogP contribution in [0.1, 0.15) is 32.8 Å². The van der Waals surface area contributed by atoms with Crippen molar-refractivity contribution in [2.24, 2.45) is 5.73 Å². The molecule has 1 aromatic heterocycles. The van der Waals surface area contributed by atoms with Gasteiger partial charge in [-0.05, 0) is 48.6 Å². The lowest BCUT2D eigenvalue weighted by atomic mass is 10.1. The van der Waals surface area contributed by atoms with E-state index in [2.05, 4.69) is 5.32 Å². The molecule has 0 radical (unpaired) electrons. The number of nitrogens with two attached hydrogens (primary N) is 1. The zero-order valence-electron chi connectivity index (χ0n) is 12.3. The summed E-state index contributed by atoms with van der Waals surface area (Å²) in [4.78, 5) is 24.9. The summed E-state index contributed by atoms with van der Waals surface area (Å²) in [6, 6.07) is 7.20. The first-order valence-electron chi connectivity index (χ1n) is 7.23. The van der Waals surface area contributed by atoms with Crippen molar-refractivity contribution in [3.8, 4) is 0 Å². The Kier molecular flexibility index (Phi) is 4.50. The number of halogens is 1. The number of rotatable bonds is 4. The van der Waals surface area contributed by atoms with E-state index in [-0.39, 0.29) is 5.91 Å². The normalized spacial score (nSPS) is 13.3. The van der Waals surface area contributed by atoms with Gasteiger partial charge in [-0.25, -0.2) is 0 Å². The summed E-state index contributed by atoms with van der Waals surface area (Å²) in [5, 5.41) is 3.92. The van der Waals surface area contributed by atoms with E-state index < -0.39 is 5.91 Å². The van der Waals surface area contributed by atoms with Crippen molar-refractivity contribution in [3.63, 3.8) is 0 Å². The van der Waals surface area contributed by atoms with Gasteiger partial charge in [-0.1, -0.05) is 23.7 Å². The molecule has 1 aliphatic carbocycles. The molecule has 0 spiro atoms. The number of hydrogen-bond acceptors (Lipinski definition) is 3. The molecule has 23 heavy (non-hydrogen) atoms. The van der Waals surface area contributed by atoms with Crippen LogP contribution in [-0.4, -0.2) is 11.8 Å². The van der Waals surface area contributed by atoms with E-state index in [1.165, 1.54) is 17.4 Å². The van der Waals surface area contributed by atoms with Crippen molar-refractivity contribution in [3.05, 3.63) is 56.9 Å². The number of amides is 2. The van der Waals surface area contributed by atoms with Crippen LogP contribution in [0.2, 0.25) is 5.02 Å². The molecule has 118 valence electrons. The maximum Gasteiger partial charge on any atom is 0.251 e. The first kappa shape index (κ1) is 15.8. The minimum Gasteiger partial charge on any atom is -0.365 e. The van der Waals surface area contributed by atoms with Crippen LogP contribution in [0, 0.1) is 0 Å². The Hall–Kier alpha value is -2.11. The van der Waals surface area contributed by atoms with Gasteiger partial charge in [0.25, 0.3) is 5.91 Å². The fraction of sp³-hybridized carbons (Fsp3) is 0.176. The fourth-order valence-corrected chi connectivity index (χ4v) is 4.19. The number of carbonyl (C=O) groups is 2. The van der Waals surface area contributed by atoms with E-state index in [0.29, 0.717) is 15.6 Å². The molecular weight excluding hydrogens is 332 g/mol. The highest BCUT2D eigenvalue weighted by Crippen LogP contribution is 2.38. The molecule has 0 unspecified atom stereocenters. The zero-order chi connectivity index (χ0) is 16.4. The Labute approximate surface area is 143 Å². The number of aryl methyl sites for hydroxylation is 1. The maximum atomic E-state index is 12.1. The summed E-state index contributed by atoms with van der Waals surface area (Å²) in [6.07, 6.45) is 5.91. The molecule has 2 amide bonds. The van der Waals surface area contributed by atoms with Crippen molar-refractivity contribution in [1.82, 2.24) is 0 Å². The highest BCUT2D eigenvalue weighted by molar-refractivity contribution is 7.17. The number of thiophene rings is 1. The molecule has 0 atom stereocenters. The summed E-state index contributed by atoms with van der Waals surface area (Å²) in [5.41, 5.74) is 7.76. The summed E-state index contributed by atoms with van der Waals surface area (Å²) in [7, 11) is 0. The Morgan fingerprint density at radius 3 is 2.87 bits per heavy atom. The number of fused-ring (bicyclic) bond motifs is 1. The molecular formula is C17H15ClN2O2S. The second-order valence-corrected chi connectivity index (χ2v) is 6.84. The van der Waals surface area contributed by atoms with Crippen molar-refractivity contribution in [2.45, 2.75) is 19.3 Å². The van der Waals surface area contributed by atoms with E-state index in [4.69, 9.17) is 17.3 Å². The lowest BCUT2D eigenvalue weighted by molar-refractivity contribution is -0.111. The molecule has 0 aliphatic heterocycles.